The van der Waals surface area contributed by atoms with Crippen molar-refractivity contribution in [3.05, 3.63) is 58.6 Å². The zero-order valence-corrected chi connectivity index (χ0v) is 13.5. The van der Waals surface area contributed by atoms with E-state index in [9.17, 15) is 9.90 Å². The molecule has 0 amide bonds. The number of aromatic nitrogens is 4. The first-order chi connectivity index (χ1) is 11.6. The summed E-state index contributed by atoms with van der Waals surface area (Å²) in [5.41, 5.74) is 1.77. The van der Waals surface area contributed by atoms with Crippen molar-refractivity contribution in [2.24, 2.45) is 0 Å². The lowest BCUT2D eigenvalue weighted by Crippen LogP contribution is -2.14. The maximum Gasteiger partial charge on any atom is 0.223 e. The van der Waals surface area contributed by atoms with Crippen molar-refractivity contribution in [2.75, 3.05) is 7.11 Å². The van der Waals surface area contributed by atoms with E-state index in [0.717, 1.165) is 17.0 Å². The van der Waals surface area contributed by atoms with Gasteiger partial charge in [-0.2, -0.15) is 0 Å². The van der Waals surface area contributed by atoms with Gasteiger partial charge in [0.05, 0.1) is 25.5 Å². The molecule has 0 fully saturated rings. The molecule has 24 heavy (non-hydrogen) atoms. The summed E-state index contributed by atoms with van der Waals surface area (Å²) >= 11 is 0. The molecule has 0 aliphatic heterocycles. The van der Waals surface area contributed by atoms with Crippen LogP contribution in [0.2, 0.25) is 0 Å². The minimum atomic E-state index is -0.372. The number of methoxy groups -OCH3 is 1. The van der Waals surface area contributed by atoms with Crippen LogP contribution in [-0.2, 0) is 13.1 Å². The van der Waals surface area contributed by atoms with Gasteiger partial charge in [-0.15, -0.1) is 5.10 Å². The lowest BCUT2D eigenvalue weighted by Gasteiger charge is -2.11. The van der Waals surface area contributed by atoms with Crippen molar-refractivity contribution < 1.29 is 9.84 Å². The number of benzene rings is 1. The largest absolute Gasteiger partial charge is 0.503 e. The van der Waals surface area contributed by atoms with E-state index < -0.39 is 0 Å². The number of aromatic hydroxyl groups is 1. The fourth-order valence-corrected chi connectivity index (χ4v) is 2.50. The highest BCUT2D eigenvalue weighted by Gasteiger charge is 2.10. The van der Waals surface area contributed by atoms with E-state index >= 15 is 0 Å². The van der Waals surface area contributed by atoms with E-state index in [2.05, 4.69) is 10.3 Å². The molecule has 0 saturated heterocycles. The summed E-state index contributed by atoms with van der Waals surface area (Å²) in [6.45, 7) is 2.83. The lowest BCUT2D eigenvalue weighted by molar-refractivity contribution is 0.416. The zero-order valence-electron chi connectivity index (χ0n) is 13.5. The third-order valence-electron chi connectivity index (χ3n) is 3.90. The third-order valence-corrected chi connectivity index (χ3v) is 3.90. The van der Waals surface area contributed by atoms with Crippen molar-refractivity contribution in [2.45, 2.75) is 20.0 Å². The quantitative estimate of drug-likeness (QED) is 0.773. The Balaban J connectivity index is 1.78. The summed E-state index contributed by atoms with van der Waals surface area (Å²) in [4.78, 5) is 11.4. The van der Waals surface area contributed by atoms with Crippen LogP contribution in [0.5, 0.6) is 11.5 Å². The SMILES string of the molecule is COc1ccccc1-c1cn(CCn2ccc(=O)c(O)c2C)nn1. The minimum absolute atomic E-state index is 0.217. The van der Waals surface area contributed by atoms with E-state index in [1.54, 1.807) is 29.5 Å². The smallest absolute Gasteiger partial charge is 0.223 e. The van der Waals surface area contributed by atoms with Crippen LogP contribution in [0.25, 0.3) is 11.3 Å². The van der Waals surface area contributed by atoms with Crippen LogP contribution < -0.4 is 10.2 Å². The molecule has 0 saturated carbocycles. The molecule has 7 nitrogen and oxygen atoms in total. The van der Waals surface area contributed by atoms with Gasteiger partial charge in [0.15, 0.2) is 5.75 Å². The first-order valence-electron chi connectivity index (χ1n) is 7.52. The third kappa shape index (κ3) is 3.01. The van der Waals surface area contributed by atoms with Gasteiger partial charge in [0, 0.05) is 24.4 Å². The maximum atomic E-state index is 11.4. The summed E-state index contributed by atoms with van der Waals surface area (Å²) in [6.07, 6.45) is 3.50. The van der Waals surface area contributed by atoms with Gasteiger partial charge in [-0.1, -0.05) is 17.3 Å². The van der Waals surface area contributed by atoms with E-state index in [-0.39, 0.29) is 11.2 Å². The predicted molar refractivity (Wildman–Crippen MR) is 89.1 cm³/mol. The number of hydrogen-bond acceptors (Lipinski definition) is 5. The molecule has 7 heteroatoms. The molecule has 1 aromatic carbocycles. The molecular formula is C17H18N4O3. The predicted octanol–water partition coefficient (Wildman–Crippen LogP) is 1.83. The topological polar surface area (TPSA) is 82.2 Å². The zero-order chi connectivity index (χ0) is 17.1. The van der Waals surface area contributed by atoms with Crippen LogP contribution in [0.15, 0.2) is 47.5 Å². The van der Waals surface area contributed by atoms with Gasteiger partial charge in [0.25, 0.3) is 0 Å². The monoisotopic (exact) mass is 326 g/mol. The second kappa shape index (κ2) is 6.57. The Kier molecular flexibility index (Phi) is 4.33. The van der Waals surface area contributed by atoms with Crippen LogP contribution >= 0.6 is 0 Å². The minimum Gasteiger partial charge on any atom is -0.503 e. The number of pyridine rings is 1. The fourth-order valence-electron chi connectivity index (χ4n) is 2.50. The molecule has 124 valence electrons. The highest BCUT2D eigenvalue weighted by atomic mass is 16.5. The number of rotatable bonds is 5. The maximum absolute atomic E-state index is 11.4. The molecule has 0 radical (unpaired) electrons. The first-order valence-corrected chi connectivity index (χ1v) is 7.52. The fraction of sp³-hybridized carbons (Fsp3) is 0.235. The van der Waals surface area contributed by atoms with Gasteiger partial charge in [-0.3, -0.25) is 9.48 Å². The molecule has 2 aromatic heterocycles. The van der Waals surface area contributed by atoms with Crippen molar-refractivity contribution >= 4 is 0 Å². The Morgan fingerprint density at radius 3 is 2.79 bits per heavy atom. The Hall–Kier alpha value is -3.09. The average molecular weight is 326 g/mol. The van der Waals surface area contributed by atoms with E-state index in [4.69, 9.17) is 4.74 Å². The second-order valence-corrected chi connectivity index (χ2v) is 5.37. The number of para-hydroxylation sites is 1. The first kappa shape index (κ1) is 15.8. The molecule has 0 aliphatic carbocycles. The summed E-state index contributed by atoms with van der Waals surface area (Å²) < 4.78 is 8.87. The van der Waals surface area contributed by atoms with Crippen molar-refractivity contribution in [1.82, 2.24) is 19.6 Å². The Bertz CT molecular complexity index is 914. The number of nitrogens with zero attached hydrogens (tertiary/aromatic N) is 4. The molecule has 1 N–H and O–H groups in total. The summed E-state index contributed by atoms with van der Waals surface area (Å²) in [7, 11) is 1.62. The Morgan fingerprint density at radius 2 is 2.00 bits per heavy atom. The molecule has 0 unspecified atom stereocenters. The molecule has 0 spiro atoms. The summed E-state index contributed by atoms with van der Waals surface area (Å²) in [6, 6.07) is 8.98. The van der Waals surface area contributed by atoms with Gasteiger partial charge in [0.1, 0.15) is 11.4 Å². The van der Waals surface area contributed by atoms with Gasteiger partial charge in [-0.25, -0.2) is 0 Å². The van der Waals surface area contributed by atoms with E-state index in [1.807, 2.05) is 30.5 Å². The number of aryl methyl sites for hydroxylation is 2. The molecule has 0 aliphatic rings. The molecule has 3 rings (SSSR count). The number of ether oxygens (including phenoxy) is 1. The second-order valence-electron chi connectivity index (χ2n) is 5.37. The molecule has 3 aromatic rings. The van der Waals surface area contributed by atoms with Gasteiger partial charge in [-0.05, 0) is 19.1 Å². The molecule has 0 bridgehead atoms. The van der Waals surface area contributed by atoms with Crippen LogP contribution in [0.1, 0.15) is 5.69 Å². The van der Waals surface area contributed by atoms with Gasteiger partial charge >= 0.3 is 0 Å². The van der Waals surface area contributed by atoms with Crippen LogP contribution in [0.4, 0.5) is 0 Å². The Morgan fingerprint density at radius 1 is 1.21 bits per heavy atom. The highest BCUT2D eigenvalue weighted by molar-refractivity contribution is 5.65. The molecular weight excluding hydrogens is 308 g/mol. The molecule has 0 atom stereocenters. The Labute approximate surface area is 138 Å². The van der Waals surface area contributed by atoms with Gasteiger partial charge < -0.3 is 14.4 Å². The van der Waals surface area contributed by atoms with Crippen molar-refractivity contribution in [3.8, 4) is 22.8 Å². The van der Waals surface area contributed by atoms with Crippen molar-refractivity contribution in [1.29, 1.82) is 0 Å². The van der Waals surface area contributed by atoms with Crippen LogP contribution in [0.3, 0.4) is 0 Å². The van der Waals surface area contributed by atoms with Crippen LogP contribution in [-0.4, -0.2) is 31.8 Å². The lowest BCUT2D eigenvalue weighted by atomic mass is 10.1. The van der Waals surface area contributed by atoms with Gasteiger partial charge in [0.2, 0.25) is 5.43 Å². The highest BCUT2D eigenvalue weighted by Crippen LogP contribution is 2.27. The van der Waals surface area contributed by atoms with E-state index in [1.165, 1.54) is 6.07 Å². The summed E-state index contributed by atoms with van der Waals surface area (Å²) in [5.74, 6) is 0.525. The van der Waals surface area contributed by atoms with E-state index in [0.29, 0.717) is 18.8 Å². The average Bonchev–Trinajstić information content (AvgIpc) is 3.08. The van der Waals surface area contributed by atoms with Crippen molar-refractivity contribution in [3.63, 3.8) is 0 Å². The summed E-state index contributed by atoms with van der Waals surface area (Å²) in [5, 5.41) is 18.0. The number of hydrogen-bond donors (Lipinski definition) is 1. The molecule has 2 heterocycles. The standard InChI is InChI=1S/C17H18N4O3/c1-12-17(23)15(22)7-8-20(12)9-10-21-11-14(18-19-21)13-5-3-4-6-16(13)24-2/h3-8,11,23H,9-10H2,1-2H3. The van der Waals surface area contributed by atoms with Crippen LogP contribution in [0, 0.1) is 6.92 Å². The normalized spacial score (nSPS) is 10.8.